The standard InChI is InChI=1S/C16H18S2/c1-11-5-12(2)8-15(7-11)17-18-16-9-13(3)6-14(4)10-16/h5-10H,1-4H3. The number of hydrogen-bond acceptors (Lipinski definition) is 2. The summed E-state index contributed by atoms with van der Waals surface area (Å²) in [5.41, 5.74) is 5.33. The highest BCUT2D eigenvalue weighted by Crippen LogP contribution is 2.38. The van der Waals surface area contributed by atoms with Crippen molar-refractivity contribution in [3.05, 3.63) is 58.7 Å². The molecule has 2 rings (SSSR count). The molecule has 0 saturated carbocycles. The van der Waals surface area contributed by atoms with Crippen LogP contribution in [0.25, 0.3) is 0 Å². The number of benzene rings is 2. The monoisotopic (exact) mass is 274 g/mol. The van der Waals surface area contributed by atoms with E-state index in [1.54, 1.807) is 0 Å². The summed E-state index contributed by atoms with van der Waals surface area (Å²) in [6, 6.07) is 13.4. The van der Waals surface area contributed by atoms with Crippen LogP contribution in [0, 0.1) is 27.7 Å². The van der Waals surface area contributed by atoms with Crippen LogP contribution in [-0.2, 0) is 0 Å². The second kappa shape index (κ2) is 5.85. The van der Waals surface area contributed by atoms with E-state index in [1.807, 2.05) is 21.6 Å². The zero-order valence-corrected chi connectivity index (χ0v) is 12.9. The summed E-state index contributed by atoms with van der Waals surface area (Å²) < 4.78 is 0. The first kappa shape index (κ1) is 13.6. The van der Waals surface area contributed by atoms with Gasteiger partial charge in [-0.15, -0.1) is 0 Å². The van der Waals surface area contributed by atoms with Crippen molar-refractivity contribution in [2.24, 2.45) is 0 Å². The van der Waals surface area contributed by atoms with Crippen molar-refractivity contribution < 1.29 is 0 Å². The van der Waals surface area contributed by atoms with Gasteiger partial charge in [0.1, 0.15) is 0 Å². The van der Waals surface area contributed by atoms with Gasteiger partial charge in [-0.25, -0.2) is 0 Å². The van der Waals surface area contributed by atoms with Gasteiger partial charge in [0.2, 0.25) is 0 Å². The van der Waals surface area contributed by atoms with Gasteiger partial charge < -0.3 is 0 Å². The van der Waals surface area contributed by atoms with Crippen molar-refractivity contribution in [2.45, 2.75) is 37.5 Å². The normalized spacial score (nSPS) is 10.7. The van der Waals surface area contributed by atoms with E-state index >= 15 is 0 Å². The Morgan fingerprint density at radius 1 is 0.500 bits per heavy atom. The van der Waals surface area contributed by atoms with Crippen LogP contribution in [0.15, 0.2) is 46.2 Å². The van der Waals surface area contributed by atoms with E-state index in [0.29, 0.717) is 0 Å². The predicted molar refractivity (Wildman–Crippen MR) is 83.5 cm³/mol. The van der Waals surface area contributed by atoms with Crippen LogP contribution >= 0.6 is 21.6 Å². The summed E-state index contributed by atoms with van der Waals surface area (Å²) in [6.07, 6.45) is 0. The molecule has 0 aliphatic heterocycles. The molecule has 0 aromatic heterocycles. The summed E-state index contributed by atoms with van der Waals surface area (Å²) in [4.78, 5) is 2.66. The van der Waals surface area contributed by atoms with E-state index in [4.69, 9.17) is 0 Å². The maximum atomic E-state index is 2.24. The third kappa shape index (κ3) is 3.82. The molecule has 0 spiro atoms. The lowest BCUT2D eigenvalue weighted by atomic mass is 10.2. The molecule has 94 valence electrons. The molecule has 2 aromatic carbocycles. The minimum Gasteiger partial charge on any atom is -0.0563 e. The van der Waals surface area contributed by atoms with E-state index in [2.05, 4.69) is 64.1 Å². The van der Waals surface area contributed by atoms with Crippen molar-refractivity contribution in [1.29, 1.82) is 0 Å². The van der Waals surface area contributed by atoms with Crippen LogP contribution in [0.1, 0.15) is 22.3 Å². The van der Waals surface area contributed by atoms with E-state index in [1.165, 1.54) is 32.0 Å². The van der Waals surface area contributed by atoms with Crippen molar-refractivity contribution in [2.75, 3.05) is 0 Å². The fourth-order valence-corrected chi connectivity index (χ4v) is 4.34. The molecule has 0 aliphatic carbocycles. The molecule has 0 fully saturated rings. The summed E-state index contributed by atoms with van der Waals surface area (Å²) in [6.45, 7) is 8.61. The molecule has 0 unspecified atom stereocenters. The molecule has 0 aliphatic rings. The third-order valence-corrected chi connectivity index (χ3v) is 4.97. The lowest BCUT2D eigenvalue weighted by Crippen LogP contribution is -1.80. The highest BCUT2D eigenvalue weighted by molar-refractivity contribution is 8.76. The van der Waals surface area contributed by atoms with Crippen LogP contribution in [0.4, 0.5) is 0 Å². The lowest BCUT2D eigenvalue weighted by molar-refractivity contribution is 1.29. The highest BCUT2D eigenvalue weighted by Gasteiger charge is 2.01. The predicted octanol–water partition coefficient (Wildman–Crippen LogP) is 5.72. The van der Waals surface area contributed by atoms with Crippen LogP contribution < -0.4 is 0 Å². The maximum absolute atomic E-state index is 2.24. The Kier molecular flexibility index (Phi) is 4.41. The minimum atomic E-state index is 1.33. The topological polar surface area (TPSA) is 0 Å². The Bertz CT molecular complexity index is 467. The molecule has 0 radical (unpaired) electrons. The maximum Gasteiger partial charge on any atom is 0.0191 e. The van der Waals surface area contributed by atoms with Crippen LogP contribution in [-0.4, -0.2) is 0 Å². The van der Waals surface area contributed by atoms with Gasteiger partial charge in [0.15, 0.2) is 0 Å². The van der Waals surface area contributed by atoms with Gasteiger partial charge in [0.25, 0.3) is 0 Å². The molecule has 0 bridgehead atoms. The highest BCUT2D eigenvalue weighted by atomic mass is 33.1. The van der Waals surface area contributed by atoms with E-state index in [9.17, 15) is 0 Å². The van der Waals surface area contributed by atoms with Crippen molar-refractivity contribution in [3.63, 3.8) is 0 Å². The molecule has 0 atom stereocenters. The van der Waals surface area contributed by atoms with Gasteiger partial charge in [-0.05, 0) is 74.2 Å². The first-order chi connectivity index (χ1) is 8.52. The molecular formula is C16H18S2. The van der Waals surface area contributed by atoms with E-state index in [-0.39, 0.29) is 0 Å². The molecule has 2 heteroatoms. The molecule has 18 heavy (non-hydrogen) atoms. The summed E-state index contributed by atoms with van der Waals surface area (Å²) in [7, 11) is 3.67. The van der Waals surface area contributed by atoms with Gasteiger partial charge in [-0.3, -0.25) is 0 Å². The van der Waals surface area contributed by atoms with Gasteiger partial charge in [0.05, 0.1) is 0 Å². The molecule has 0 saturated heterocycles. The van der Waals surface area contributed by atoms with E-state index in [0.717, 1.165) is 0 Å². The average molecular weight is 274 g/mol. The quantitative estimate of drug-likeness (QED) is 0.656. The lowest BCUT2D eigenvalue weighted by Gasteiger charge is -2.06. The smallest absolute Gasteiger partial charge is 0.0191 e. The molecule has 0 amide bonds. The zero-order valence-electron chi connectivity index (χ0n) is 11.3. The third-order valence-electron chi connectivity index (χ3n) is 2.62. The molecule has 0 nitrogen and oxygen atoms in total. The second-order valence-electron chi connectivity index (χ2n) is 4.81. The summed E-state index contributed by atoms with van der Waals surface area (Å²) in [5, 5.41) is 0. The average Bonchev–Trinajstić information content (AvgIpc) is 2.23. The SMILES string of the molecule is Cc1cc(C)cc(SSc2cc(C)cc(C)c2)c1. The van der Waals surface area contributed by atoms with Crippen molar-refractivity contribution in [3.8, 4) is 0 Å². The van der Waals surface area contributed by atoms with Crippen LogP contribution in [0.5, 0.6) is 0 Å². The Morgan fingerprint density at radius 2 is 0.778 bits per heavy atom. The molecular weight excluding hydrogens is 256 g/mol. The molecule has 2 aromatic rings. The van der Waals surface area contributed by atoms with Gasteiger partial charge in [-0.1, -0.05) is 33.7 Å². The second-order valence-corrected chi connectivity index (χ2v) is 7.09. The van der Waals surface area contributed by atoms with E-state index < -0.39 is 0 Å². The molecule has 0 heterocycles. The number of aryl methyl sites for hydroxylation is 4. The minimum absolute atomic E-state index is 1.33. The zero-order chi connectivity index (χ0) is 13.1. The Balaban J connectivity index is 2.11. The van der Waals surface area contributed by atoms with Crippen molar-refractivity contribution in [1.82, 2.24) is 0 Å². The molecule has 0 N–H and O–H groups in total. The number of hydrogen-bond donors (Lipinski definition) is 0. The van der Waals surface area contributed by atoms with Gasteiger partial charge >= 0.3 is 0 Å². The fourth-order valence-electron chi connectivity index (χ4n) is 2.06. The number of rotatable bonds is 3. The summed E-state index contributed by atoms with van der Waals surface area (Å²) >= 11 is 0. The fraction of sp³-hybridized carbons (Fsp3) is 0.250. The first-order valence-corrected chi connectivity index (χ1v) is 8.19. The largest absolute Gasteiger partial charge is 0.0563 e. The van der Waals surface area contributed by atoms with Gasteiger partial charge in [0, 0.05) is 9.79 Å². The Labute approximate surface area is 118 Å². The van der Waals surface area contributed by atoms with Crippen molar-refractivity contribution >= 4 is 21.6 Å². The van der Waals surface area contributed by atoms with Crippen LogP contribution in [0.3, 0.4) is 0 Å². The Morgan fingerprint density at radius 3 is 1.06 bits per heavy atom. The Hall–Kier alpha value is -0.860. The summed E-state index contributed by atoms with van der Waals surface area (Å²) in [5.74, 6) is 0. The first-order valence-electron chi connectivity index (χ1n) is 6.04. The van der Waals surface area contributed by atoms with Crippen LogP contribution in [0.2, 0.25) is 0 Å². The van der Waals surface area contributed by atoms with Gasteiger partial charge in [-0.2, -0.15) is 0 Å².